The first-order valence-corrected chi connectivity index (χ1v) is 21.9. The Morgan fingerprint density at radius 2 is 0.132 bits per heavy atom. The summed E-state index contributed by atoms with van der Waals surface area (Å²) >= 11 is 0. The second-order valence-electron chi connectivity index (χ2n) is 17.6. The largest absolute Gasteiger partial charge is 2.00 e. The van der Waals surface area contributed by atoms with Crippen molar-refractivity contribution >= 4 is 56.0 Å². The van der Waals surface area contributed by atoms with Gasteiger partial charge in [0.1, 0.15) is 105 Å². The molecule has 0 amide bonds. The van der Waals surface area contributed by atoms with Gasteiger partial charge in [-0.1, -0.05) is 0 Å². The van der Waals surface area contributed by atoms with Gasteiger partial charge in [0, 0.05) is 0 Å². The standard InChI is InChI=1S/2C24BF20.Cu/c2*26-5-1(6(27)14(35)21(42)13(5)34)25(2-7(28)15(36)22(43)16(37)8(2)29,3-9(30)17(38)23(44)18(39)10(3)31)4-11(32)19(40)24(45)20(41)12(4)33;/q2*-1;+2. The van der Waals surface area contributed by atoms with E-state index in [-0.39, 0.29) is 17.1 Å². The van der Waals surface area contributed by atoms with Gasteiger partial charge in [0.25, 0.3) is 0 Å². The molecule has 0 unspecified atom stereocenters. The van der Waals surface area contributed by atoms with Crippen LogP contribution < -0.4 is 43.7 Å². The fourth-order valence-corrected chi connectivity index (χ4v) is 9.75. The maximum Gasteiger partial charge on any atom is 2.00 e. The Labute approximate surface area is 480 Å². The Morgan fingerprint density at radius 1 is 0.0879 bits per heavy atom. The summed E-state index contributed by atoms with van der Waals surface area (Å²) in [5.74, 6) is -143. The molecule has 0 aromatic heterocycles. The maximum absolute atomic E-state index is 15.4. The predicted octanol–water partition coefficient (Wildman–Crippen LogP) is 11.7. The monoisotopic (exact) mass is 1420 g/mol. The van der Waals surface area contributed by atoms with E-state index < -0.39 is 289 Å². The SMILES string of the molecule is Fc1c(F)c(F)c([B-](c2c(F)c(F)c(F)c(F)c2F)(c2c(F)c(F)c(F)c(F)c2F)c2c(F)c(F)c(F)c(F)c2F)c(F)c1F.Fc1c(F)c(F)c([B-](c2c(F)c(F)c(F)c(F)c2F)(c2c(F)c(F)c(F)c(F)c2F)c2c(F)c(F)c(F)c(F)c2F)c(F)c1F.[Cu+2]. The van der Waals surface area contributed by atoms with Gasteiger partial charge >= 0.3 is 17.1 Å². The van der Waals surface area contributed by atoms with Crippen LogP contribution in [0.4, 0.5) is 176 Å². The van der Waals surface area contributed by atoms with Crippen LogP contribution >= 0.6 is 0 Å². The van der Waals surface area contributed by atoms with Gasteiger partial charge in [-0.2, -0.15) is 0 Å². The maximum atomic E-state index is 15.4. The van der Waals surface area contributed by atoms with E-state index in [1.807, 2.05) is 0 Å². The molecule has 0 aliphatic carbocycles. The van der Waals surface area contributed by atoms with Crippen LogP contribution in [0.5, 0.6) is 0 Å². The molecule has 0 saturated carbocycles. The third-order valence-corrected chi connectivity index (χ3v) is 13.4. The molecule has 0 fully saturated rings. The molecule has 8 aromatic carbocycles. The smallest absolute Gasteiger partial charge is 0.207 e. The topological polar surface area (TPSA) is 0 Å². The van der Waals surface area contributed by atoms with E-state index in [4.69, 9.17) is 0 Å². The minimum atomic E-state index is -7.22. The number of rotatable bonds is 8. The third-order valence-electron chi connectivity index (χ3n) is 13.4. The Bertz CT molecular complexity index is 3430. The van der Waals surface area contributed by atoms with Gasteiger partial charge in [0.2, 0.25) is 0 Å². The molecule has 0 aliphatic rings. The molecule has 1 radical (unpaired) electrons. The summed E-state index contributed by atoms with van der Waals surface area (Å²) < 4.78 is 588. The molecule has 8 aromatic rings. The zero-order chi connectivity index (χ0) is 68.7. The zero-order valence-corrected chi connectivity index (χ0v) is 41.5. The fourth-order valence-electron chi connectivity index (χ4n) is 9.75. The van der Waals surface area contributed by atoms with Crippen molar-refractivity contribution in [3.8, 4) is 0 Å². The van der Waals surface area contributed by atoms with Crippen LogP contribution in [0.15, 0.2) is 0 Å². The van der Waals surface area contributed by atoms with Crippen LogP contribution in [-0.4, -0.2) is 12.3 Å². The number of halogens is 40. The zero-order valence-electron chi connectivity index (χ0n) is 40.6. The Hall–Kier alpha value is -8.39. The van der Waals surface area contributed by atoms with Crippen molar-refractivity contribution in [3.63, 3.8) is 0 Å². The van der Waals surface area contributed by atoms with E-state index in [1.54, 1.807) is 0 Å². The normalized spacial score (nSPS) is 11.9. The molecule has 0 spiro atoms. The molecular weight excluding hydrogens is 1420 g/mol. The van der Waals surface area contributed by atoms with Crippen molar-refractivity contribution in [2.24, 2.45) is 0 Å². The average molecular weight is 1420 g/mol. The number of benzene rings is 8. The van der Waals surface area contributed by atoms with Crippen LogP contribution in [0.25, 0.3) is 0 Å². The third kappa shape index (κ3) is 9.64. The van der Waals surface area contributed by atoms with Crippen molar-refractivity contribution in [1.82, 2.24) is 0 Å². The quantitative estimate of drug-likeness (QED) is 0.0616. The minimum absolute atomic E-state index is 0. The fraction of sp³-hybridized carbons (Fsp3) is 0. The van der Waals surface area contributed by atoms with Gasteiger partial charge in [-0.05, 0) is 0 Å². The molecule has 0 heterocycles. The summed E-state index contributed by atoms with van der Waals surface area (Å²) in [6.45, 7) is 0. The van der Waals surface area contributed by atoms with Crippen LogP contribution in [0.3, 0.4) is 0 Å². The van der Waals surface area contributed by atoms with Crippen LogP contribution in [0.1, 0.15) is 0 Å². The molecule has 0 atom stereocenters. The molecule has 0 N–H and O–H groups in total. The van der Waals surface area contributed by atoms with Gasteiger partial charge in [-0.15, -0.1) is 43.7 Å². The molecule has 0 nitrogen and oxygen atoms in total. The molecule has 8 rings (SSSR count). The van der Waals surface area contributed by atoms with E-state index >= 15 is 70.2 Å². The Morgan fingerprint density at radius 3 is 0.187 bits per heavy atom. The summed E-state index contributed by atoms with van der Waals surface area (Å²) in [5, 5.41) is 0. The Kier molecular flexibility index (Phi) is 19.2. The van der Waals surface area contributed by atoms with Crippen molar-refractivity contribution in [2.45, 2.75) is 0 Å². The second-order valence-corrected chi connectivity index (χ2v) is 17.6. The van der Waals surface area contributed by atoms with Crippen molar-refractivity contribution < 1.29 is 193 Å². The first-order valence-electron chi connectivity index (χ1n) is 21.9. The van der Waals surface area contributed by atoms with Gasteiger partial charge < -0.3 is 0 Å². The van der Waals surface area contributed by atoms with E-state index in [1.165, 1.54) is 0 Å². The minimum Gasteiger partial charge on any atom is -0.207 e. The summed E-state index contributed by atoms with van der Waals surface area (Å²) in [6.07, 6.45) is -14.4. The van der Waals surface area contributed by atoms with E-state index in [0.29, 0.717) is 0 Å². The van der Waals surface area contributed by atoms with Gasteiger partial charge in [0.05, 0.1) is 0 Å². The summed E-state index contributed by atoms with van der Waals surface area (Å²) in [7, 11) is 0. The summed E-state index contributed by atoms with van der Waals surface area (Å²) in [5.41, 5.74) is -28.7. The van der Waals surface area contributed by atoms with Gasteiger partial charge in [0.15, 0.2) is 140 Å². The average Bonchev–Trinajstić information content (AvgIpc) is 0.690. The second kappa shape index (κ2) is 24.3. The van der Waals surface area contributed by atoms with E-state index in [2.05, 4.69) is 0 Å². The first-order chi connectivity index (χ1) is 41.4. The van der Waals surface area contributed by atoms with Crippen molar-refractivity contribution in [1.29, 1.82) is 0 Å². The van der Waals surface area contributed by atoms with Crippen LogP contribution in [0, 0.1) is 233 Å². The van der Waals surface area contributed by atoms with Crippen LogP contribution in [0.2, 0.25) is 0 Å². The molecule has 489 valence electrons. The molecular formula is C48B2CuF40. The van der Waals surface area contributed by atoms with E-state index in [9.17, 15) is 105 Å². The summed E-state index contributed by atoms with van der Waals surface area (Å²) in [6, 6.07) is 0. The van der Waals surface area contributed by atoms with Crippen molar-refractivity contribution in [2.75, 3.05) is 0 Å². The molecule has 0 saturated heterocycles. The van der Waals surface area contributed by atoms with E-state index in [0.717, 1.165) is 0 Å². The number of hydrogen-bond acceptors (Lipinski definition) is 0. The molecule has 91 heavy (non-hydrogen) atoms. The molecule has 0 bridgehead atoms. The van der Waals surface area contributed by atoms with Gasteiger partial charge in [-0.3, -0.25) is 0 Å². The summed E-state index contributed by atoms with van der Waals surface area (Å²) in [4.78, 5) is 0. The van der Waals surface area contributed by atoms with Crippen molar-refractivity contribution in [3.05, 3.63) is 233 Å². The Balaban J connectivity index is 0.000000286. The molecule has 43 heteroatoms. The predicted molar refractivity (Wildman–Crippen MR) is 218 cm³/mol. The van der Waals surface area contributed by atoms with Gasteiger partial charge in [-0.25, -0.2) is 176 Å². The first kappa shape index (κ1) is 71.7. The number of hydrogen-bond donors (Lipinski definition) is 0. The van der Waals surface area contributed by atoms with Crippen LogP contribution in [-0.2, 0) is 17.1 Å². The molecule has 0 aliphatic heterocycles.